The predicted molar refractivity (Wildman–Crippen MR) is 215 cm³/mol. The van der Waals surface area contributed by atoms with Gasteiger partial charge in [0.2, 0.25) is 5.82 Å². The maximum atomic E-state index is 11.4. The number of rotatable bonds is 13. The van der Waals surface area contributed by atoms with E-state index in [1.165, 1.54) is 35.7 Å². The van der Waals surface area contributed by atoms with E-state index in [0.29, 0.717) is 41.3 Å². The highest BCUT2D eigenvalue weighted by Gasteiger charge is 2.22. The van der Waals surface area contributed by atoms with Gasteiger partial charge in [0.15, 0.2) is 11.6 Å². The number of pyridine rings is 4. The summed E-state index contributed by atoms with van der Waals surface area (Å²) in [6.07, 6.45) is 16.4. The fraction of sp³-hybridized carbons (Fsp3) is 0.278. The maximum absolute atomic E-state index is 11.4. The van der Waals surface area contributed by atoms with Crippen LogP contribution in [0.5, 0.6) is 0 Å². The van der Waals surface area contributed by atoms with Crippen LogP contribution in [-0.2, 0) is 19.7 Å². The van der Waals surface area contributed by atoms with Crippen LogP contribution >= 0.6 is 0 Å². The smallest absolute Gasteiger partial charge is 0.319 e. The largest absolute Gasteiger partial charge is 0.395 e. The predicted octanol–water partition coefficient (Wildman–Crippen LogP) is 4.39. The molecule has 6 N–H and O–H groups in total. The van der Waals surface area contributed by atoms with E-state index >= 15 is 0 Å². The van der Waals surface area contributed by atoms with Crippen molar-refractivity contribution < 1.29 is 21.8 Å². The zero-order valence-corrected chi connectivity index (χ0v) is 32.7. The molecule has 0 saturated heterocycles. The molecule has 56 heavy (non-hydrogen) atoms. The molecule has 0 aliphatic heterocycles. The molecule has 294 valence electrons. The Morgan fingerprint density at radius 2 is 1.11 bits per heavy atom. The molecular formula is C36H42N12O6S2. The molecule has 0 fully saturated rings. The van der Waals surface area contributed by atoms with Crippen LogP contribution in [-0.4, -0.2) is 85.3 Å². The van der Waals surface area contributed by atoms with E-state index in [9.17, 15) is 26.9 Å². The van der Waals surface area contributed by atoms with Gasteiger partial charge in [-0.1, -0.05) is 13.8 Å². The van der Waals surface area contributed by atoms with E-state index < -0.39 is 24.6 Å². The van der Waals surface area contributed by atoms with Gasteiger partial charge in [-0.25, -0.2) is 46.1 Å². The highest BCUT2D eigenvalue weighted by atomic mass is 32.2. The average molecular weight is 803 g/mol. The SMILES string of the molecule is CC(CCS(C)(=O)=O)c1ccnc(-n2cc(-c3ccnc(N)c3N)cn2)c1.CC(CCS(C)(=O)=O)c1ccnc(-n2cc(-c3ccnc(N)c3[N+](=O)[O-])cn2)c1. The molecule has 0 spiro atoms. The van der Waals surface area contributed by atoms with Gasteiger partial charge in [0.1, 0.15) is 25.5 Å². The number of nitrogen functional groups attached to an aromatic ring is 3. The Morgan fingerprint density at radius 3 is 1.57 bits per heavy atom. The first-order chi connectivity index (χ1) is 26.4. The van der Waals surface area contributed by atoms with Gasteiger partial charge in [-0.2, -0.15) is 10.2 Å². The fourth-order valence-electron chi connectivity index (χ4n) is 5.66. The highest BCUT2D eigenvalue weighted by Crippen LogP contribution is 2.33. The van der Waals surface area contributed by atoms with E-state index in [1.807, 2.05) is 44.3 Å². The van der Waals surface area contributed by atoms with Gasteiger partial charge in [0.05, 0.1) is 40.1 Å². The standard InChI is InChI=1S/C18H20N6O4S.C18H22N6O2S/c1-12(5-8-29(2,27)28)13-3-6-20-16(9-13)23-11-14(10-22-23)15-4-7-21-18(19)17(15)24(25)26;1-12(5-8-27(2,25)26)13-3-6-21-16(9-13)24-11-14(10-23-24)15-4-7-22-18(20)17(15)19/h3-4,6-7,9-12H,5,8H2,1-2H3,(H2,19,21);3-4,6-7,9-12H,5,8,19H2,1-2H3,(H2,20,22). The summed E-state index contributed by atoms with van der Waals surface area (Å²) >= 11 is 0. The number of aromatic nitrogens is 8. The Kier molecular flexibility index (Phi) is 12.4. The van der Waals surface area contributed by atoms with Crippen LogP contribution in [0.1, 0.15) is 49.7 Å². The van der Waals surface area contributed by atoms with Crippen molar-refractivity contribution in [2.75, 3.05) is 41.2 Å². The maximum Gasteiger partial charge on any atom is 0.319 e. The molecule has 0 aliphatic rings. The molecule has 6 rings (SSSR count). The number of sulfone groups is 2. The Bertz CT molecular complexity index is 2570. The normalized spacial score (nSPS) is 12.7. The molecule has 2 atom stereocenters. The monoisotopic (exact) mass is 802 g/mol. The van der Waals surface area contributed by atoms with Crippen molar-refractivity contribution in [3.05, 3.63) is 107 Å². The Labute approximate surface area is 323 Å². The van der Waals surface area contributed by atoms with Gasteiger partial charge in [0.25, 0.3) is 0 Å². The van der Waals surface area contributed by atoms with E-state index in [1.54, 1.807) is 41.7 Å². The Morgan fingerprint density at radius 1 is 0.679 bits per heavy atom. The number of hydrogen-bond donors (Lipinski definition) is 3. The van der Waals surface area contributed by atoms with E-state index in [0.717, 1.165) is 22.3 Å². The van der Waals surface area contributed by atoms with Gasteiger partial charge in [-0.15, -0.1) is 0 Å². The molecule has 6 aromatic heterocycles. The van der Waals surface area contributed by atoms with Crippen LogP contribution in [0, 0.1) is 10.1 Å². The van der Waals surface area contributed by atoms with Crippen molar-refractivity contribution >= 4 is 42.7 Å². The van der Waals surface area contributed by atoms with Crippen LogP contribution in [0.4, 0.5) is 23.0 Å². The Balaban J connectivity index is 0.000000215. The topological polar surface area (TPSA) is 277 Å². The van der Waals surface area contributed by atoms with E-state index in [2.05, 4.69) is 30.1 Å². The molecule has 0 bridgehead atoms. The molecule has 6 heterocycles. The van der Waals surface area contributed by atoms with E-state index in [-0.39, 0.29) is 40.7 Å². The molecule has 0 aromatic carbocycles. The number of nitrogens with two attached hydrogens (primary N) is 3. The second kappa shape index (κ2) is 17.0. The lowest BCUT2D eigenvalue weighted by Crippen LogP contribution is -2.07. The van der Waals surface area contributed by atoms with Crippen LogP contribution in [0.15, 0.2) is 86.0 Å². The second-order valence-electron chi connectivity index (χ2n) is 13.4. The first-order valence-electron chi connectivity index (χ1n) is 17.2. The lowest BCUT2D eigenvalue weighted by Gasteiger charge is -2.12. The zero-order valence-electron chi connectivity index (χ0n) is 31.1. The van der Waals surface area contributed by atoms with E-state index in [4.69, 9.17) is 17.2 Å². The van der Waals surface area contributed by atoms with Crippen LogP contribution in [0.3, 0.4) is 0 Å². The van der Waals surface area contributed by atoms with Crippen molar-refractivity contribution in [1.82, 2.24) is 39.5 Å². The third-order valence-electron chi connectivity index (χ3n) is 8.93. The third-order valence-corrected chi connectivity index (χ3v) is 10.9. The minimum atomic E-state index is -3.03. The number of nitro groups is 1. The van der Waals surface area contributed by atoms with Crippen molar-refractivity contribution in [2.24, 2.45) is 0 Å². The lowest BCUT2D eigenvalue weighted by atomic mass is 10.00. The summed E-state index contributed by atoms with van der Waals surface area (Å²) in [4.78, 5) is 27.2. The summed E-state index contributed by atoms with van der Waals surface area (Å²) in [6, 6.07) is 10.7. The molecular weight excluding hydrogens is 761 g/mol. The van der Waals surface area contributed by atoms with Crippen molar-refractivity contribution in [2.45, 2.75) is 38.5 Å². The molecule has 20 heteroatoms. The summed E-state index contributed by atoms with van der Waals surface area (Å²) in [6.45, 7) is 3.95. The summed E-state index contributed by atoms with van der Waals surface area (Å²) in [5, 5.41) is 20.0. The number of anilines is 3. The number of nitrogens with zero attached hydrogens (tertiary/aromatic N) is 9. The van der Waals surface area contributed by atoms with Crippen LogP contribution in [0.25, 0.3) is 33.9 Å². The fourth-order valence-corrected chi connectivity index (χ4v) is 7.22. The third kappa shape index (κ3) is 10.5. The summed E-state index contributed by atoms with van der Waals surface area (Å²) < 4.78 is 48.8. The molecule has 0 aliphatic carbocycles. The summed E-state index contributed by atoms with van der Waals surface area (Å²) in [5.41, 5.74) is 21.9. The molecule has 0 radical (unpaired) electrons. The average Bonchev–Trinajstić information content (AvgIpc) is 3.85. The van der Waals surface area contributed by atoms with Gasteiger partial charge in [-0.3, -0.25) is 10.1 Å². The van der Waals surface area contributed by atoms with Crippen LogP contribution < -0.4 is 17.2 Å². The second-order valence-corrected chi connectivity index (χ2v) is 17.9. The molecule has 0 saturated carbocycles. The van der Waals surface area contributed by atoms with Crippen molar-refractivity contribution in [1.29, 1.82) is 0 Å². The molecule has 6 aromatic rings. The summed E-state index contributed by atoms with van der Waals surface area (Å²) in [5.74, 6) is 1.64. The first-order valence-corrected chi connectivity index (χ1v) is 21.3. The van der Waals surface area contributed by atoms with Crippen molar-refractivity contribution in [3.8, 4) is 33.9 Å². The van der Waals surface area contributed by atoms with Gasteiger partial charge < -0.3 is 17.2 Å². The molecule has 18 nitrogen and oxygen atoms in total. The van der Waals surface area contributed by atoms with Gasteiger partial charge in [-0.05, 0) is 72.2 Å². The van der Waals surface area contributed by atoms with Crippen molar-refractivity contribution in [3.63, 3.8) is 0 Å². The highest BCUT2D eigenvalue weighted by molar-refractivity contribution is 7.90. The minimum Gasteiger partial charge on any atom is -0.395 e. The quantitative estimate of drug-likeness (QED) is 0.108. The first kappa shape index (κ1) is 40.9. The number of hydrogen-bond acceptors (Lipinski definition) is 15. The molecule has 2 unspecified atom stereocenters. The minimum absolute atomic E-state index is 0.0163. The Hall–Kier alpha value is -6.28. The van der Waals surface area contributed by atoms with Gasteiger partial charge >= 0.3 is 5.69 Å². The zero-order chi connectivity index (χ0) is 40.8. The van der Waals surface area contributed by atoms with Gasteiger partial charge in [0, 0.05) is 66.4 Å². The van der Waals surface area contributed by atoms with Crippen LogP contribution in [0.2, 0.25) is 0 Å². The molecule has 0 amide bonds. The lowest BCUT2D eigenvalue weighted by molar-refractivity contribution is -0.383. The summed E-state index contributed by atoms with van der Waals surface area (Å²) in [7, 11) is -6.02.